The predicted octanol–water partition coefficient (Wildman–Crippen LogP) is 3.19. The summed E-state index contributed by atoms with van der Waals surface area (Å²) in [5, 5.41) is 0. The van der Waals surface area contributed by atoms with Crippen molar-refractivity contribution in [2.24, 2.45) is 0 Å². The van der Waals surface area contributed by atoms with Crippen LogP contribution in [0.2, 0.25) is 0 Å². The summed E-state index contributed by atoms with van der Waals surface area (Å²) in [5.41, 5.74) is 5.00. The van der Waals surface area contributed by atoms with Crippen molar-refractivity contribution in [1.29, 1.82) is 0 Å². The average molecular weight is 320 g/mol. The number of aryl methyl sites for hydroxylation is 1. The maximum atomic E-state index is 13.0. The highest BCUT2D eigenvalue weighted by Gasteiger charge is 2.26. The number of anilines is 2. The normalized spacial score (nSPS) is 15.9. The molecule has 4 nitrogen and oxygen atoms in total. The van der Waals surface area contributed by atoms with Gasteiger partial charge in [0.15, 0.2) is 0 Å². The maximum Gasteiger partial charge on any atom is 0.258 e. The number of hydrogen-bond donors (Lipinski definition) is 0. The van der Waals surface area contributed by atoms with Crippen molar-refractivity contribution in [3.63, 3.8) is 0 Å². The molecule has 0 atom stereocenters. The number of carbonyl (C=O) groups is 2. The number of hydrogen-bond acceptors (Lipinski definition) is 2. The molecule has 2 amide bonds. The molecule has 0 saturated carbocycles. The Bertz CT molecular complexity index is 828. The molecular formula is C20H20N2O2. The first kappa shape index (κ1) is 14.9. The van der Waals surface area contributed by atoms with Crippen molar-refractivity contribution in [1.82, 2.24) is 0 Å². The number of para-hydroxylation sites is 1. The van der Waals surface area contributed by atoms with Crippen molar-refractivity contribution in [3.05, 3.63) is 59.2 Å². The standard InChI is InChI=1S/C20H20N2O2/c1-14(23)21-12-10-16-13-17(8-9-19(16)21)20(24)22-11-4-6-15-5-2-3-7-18(15)22/h2-3,5,7-9,13H,4,6,10-12H2,1H3. The van der Waals surface area contributed by atoms with Crippen LogP contribution in [-0.2, 0) is 17.6 Å². The van der Waals surface area contributed by atoms with Crippen LogP contribution in [0, 0.1) is 0 Å². The van der Waals surface area contributed by atoms with E-state index >= 15 is 0 Å². The number of carbonyl (C=O) groups excluding carboxylic acids is 2. The Morgan fingerprint density at radius 2 is 1.67 bits per heavy atom. The molecule has 4 rings (SSSR count). The summed E-state index contributed by atoms with van der Waals surface area (Å²) < 4.78 is 0. The van der Waals surface area contributed by atoms with Crippen molar-refractivity contribution >= 4 is 23.2 Å². The third-order valence-corrected chi connectivity index (χ3v) is 4.96. The molecule has 2 aliphatic heterocycles. The summed E-state index contributed by atoms with van der Waals surface area (Å²) >= 11 is 0. The first-order valence-corrected chi connectivity index (χ1v) is 8.46. The Labute approximate surface area is 141 Å². The molecule has 0 aromatic heterocycles. The highest BCUT2D eigenvalue weighted by atomic mass is 16.2. The van der Waals surface area contributed by atoms with Gasteiger partial charge in [-0.2, -0.15) is 0 Å². The Morgan fingerprint density at radius 1 is 0.875 bits per heavy atom. The van der Waals surface area contributed by atoms with Crippen LogP contribution in [-0.4, -0.2) is 24.9 Å². The molecular weight excluding hydrogens is 300 g/mol. The molecule has 0 unspecified atom stereocenters. The van der Waals surface area contributed by atoms with E-state index in [1.165, 1.54) is 5.56 Å². The van der Waals surface area contributed by atoms with Crippen LogP contribution in [0.15, 0.2) is 42.5 Å². The van der Waals surface area contributed by atoms with Crippen LogP contribution in [0.3, 0.4) is 0 Å². The van der Waals surface area contributed by atoms with Crippen LogP contribution in [0.25, 0.3) is 0 Å². The van der Waals surface area contributed by atoms with Crippen LogP contribution in [0.4, 0.5) is 11.4 Å². The van der Waals surface area contributed by atoms with Crippen LogP contribution >= 0.6 is 0 Å². The SMILES string of the molecule is CC(=O)N1CCc2cc(C(=O)N3CCCc4ccccc43)ccc21. The van der Waals surface area contributed by atoms with Crippen molar-refractivity contribution in [2.45, 2.75) is 26.2 Å². The second kappa shape index (κ2) is 5.78. The van der Waals surface area contributed by atoms with Crippen molar-refractivity contribution < 1.29 is 9.59 Å². The third kappa shape index (κ3) is 2.39. The van der Waals surface area contributed by atoms with E-state index in [0.29, 0.717) is 12.1 Å². The predicted molar refractivity (Wildman–Crippen MR) is 94.6 cm³/mol. The van der Waals surface area contributed by atoms with E-state index in [9.17, 15) is 9.59 Å². The number of benzene rings is 2. The Kier molecular flexibility index (Phi) is 3.60. The number of fused-ring (bicyclic) bond motifs is 2. The van der Waals surface area contributed by atoms with Crippen LogP contribution < -0.4 is 9.80 Å². The third-order valence-electron chi connectivity index (χ3n) is 4.96. The van der Waals surface area contributed by atoms with Gasteiger partial charge in [-0.3, -0.25) is 9.59 Å². The van der Waals surface area contributed by atoms with E-state index in [1.54, 1.807) is 11.8 Å². The van der Waals surface area contributed by atoms with E-state index in [4.69, 9.17) is 0 Å². The second-order valence-corrected chi connectivity index (χ2v) is 6.45. The summed E-state index contributed by atoms with van der Waals surface area (Å²) in [4.78, 5) is 28.4. The van der Waals surface area contributed by atoms with Gasteiger partial charge in [-0.25, -0.2) is 0 Å². The van der Waals surface area contributed by atoms with Gasteiger partial charge in [0.1, 0.15) is 0 Å². The summed E-state index contributed by atoms with van der Waals surface area (Å²) in [6.45, 7) is 3.04. The average Bonchev–Trinajstić information content (AvgIpc) is 3.04. The number of amides is 2. The molecule has 2 aliphatic rings. The fourth-order valence-corrected chi connectivity index (χ4v) is 3.76. The molecule has 4 heteroatoms. The zero-order chi connectivity index (χ0) is 16.7. The summed E-state index contributed by atoms with van der Waals surface area (Å²) in [6, 6.07) is 13.8. The molecule has 0 N–H and O–H groups in total. The number of rotatable bonds is 1. The fourth-order valence-electron chi connectivity index (χ4n) is 3.76. The Balaban J connectivity index is 1.66. The van der Waals surface area contributed by atoms with Gasteiger partial charge in [0, 0.05) is 37.0 Å². The smallest absolute Gasteiger partial charge is 0.258 e. The van der Waals surface area contributed by atoms with Crippen molar-refractivity contribution in [3.8, 4) is 0 Å². The van der Waals surface area contributed by atoms with Crippen LogP contribution in [0.5, 0.6) is 0 Å². The largest absolute Gasteiger partial charge is 0.312 e. The molecule has 2 aromatic carbocycles. The van der Waals surface area contributed by atoms with E-state index in [2.05, 4.69) is 6.07 Å². The molecule has 2 heterocycles. The van der Waals surface area contributed by atoms with E-state index in [1.807, 2.05) is 41.3 Å². The van der Waals surface area contributed by atoms with Crippen molar-refractivity contribution in [2.75, 3.05) is 22.9 Å². The molecule has 0 fully saturated rings. The zero-order valence-corrected chi connectivity index (χ0v) is 13.8. The number of nitrogens with zero attached hydrogens (tertiary/aromatic N) is 2. The van der Waals surface area contributed by atoms with E-state index in [0.717, 1.165) is 42.7 Å². The van der Waals surface area contributed by atoms with E-state index < -0.39 is 0 Å². The highest BCUT2D eigenvalue weighted by Crippen LogP contribution is 2.31. The molecule has 0 saturated heterocycles. The molecule has 0 aliphatic carbocycles. The van der Waals surface area contributed by atoms with Gasteiger partial charge in [0.05, 0.1) is 0 Å². The van der Waals surface area contributed by atoms with Gasteiger partial charge < -0.3 is 9.80 Å². The summed E-state index contributed by atoms with van der Waals surface area (Å²) in [7, 11) is 0. The Morgan fingerprint density at radius 3 is 2.50 bits per heavy atom. The summed E-state index contributed by atoms with van der Waals surface area (Å²) in [6.07, 6.45) is 2.83. The monoisotopic (exact) mass is 320 g/mol. The minimum Gasteiger partial charge on any atom is -0.312 e. The van der Waals surface area contributed by atoms with Gasteiger partial charge in [-0.15, -0.1) is 0 Å². The summed E-state index contributed by atoms with van der Waals surface area (Å²) in [5.74, 6) is 0.101. The maximum absolute atomic E-state index is 13.0. The minimum absolute atomic E-state index is 0.0474. The minimum atomic E-state index is 0.0474. The lowest BCUT2D eigenvalue weighted by molar-refractivity contribution is -0.116. The van der Waals surface area contributed by atoms with Gasteiger partial charge in [-0.05, 0) is 54.7 Å². The topological polar surface area (TPSA) is 40.6 Å². The van der Waals surface area contributed by atoms with E-state index in [-0.39, 0.29) is 11.8 Å². The van der Waals surface area contributed by atoms with Gasteiger partial charge in [0.2, 0.25) is 5.91 Å². The molecule has 0 bridgehead atoms. The van der Waals surface area contributed by atoms with Crippen LogP contribution in [0.1, 0.15) is 34.8 Å². The molecule has 0 spiro atoms. The molecule has 2 aromatic rings. The van der Waals surface area contributed by atoms with Gasteiger partial charge >= 0.3 is 0 Å². The lowest BCUT2D eigenvalue weighted by Crippen LogP contribution is -2.35. The van der Waals surface area contributed by atoms with Gasteiger partial charge in [-0.1, -0.05) is 18.2 Å². The molecule has 0 radical (unpaired) electrons. The first-order valence-electron chi connectivity index (χ1n) is 8.46. The zero-order valence-electron chi connectivity index (χ0n) is 13.8. The lowest BCUT2D eigenvalue weighted by Gasteiger charge is -2.29. The highest BCUT2D eigenvalue weighted by molar-refractivity contribution is 6.07. The van der Waals surface area contributed by atoms with Gasteiger partial charge in [0.25, 0.3) is 5.91 Å². The molecule has 24 heavy (non-hydrogen) atoms. The first-order chi connectivity index (χ1) is 11.6. The quantitative estimate of drug-likeness (QED) is 0.809. The second-order valence-electron chi connectivity index (χ2n) is 6.45. The fraction of sp³-hybridized carbons (Fsp3) is 0.300. The Hall–Kier alpha value is -2.62. The molecule has 122 valence electrons. The lowest BCUT2D eigenvalue weighted by atomic mass is 10.00.